The average Bonchev–Trinajstić information content (AvgIpc) is 2.32. The first-order valence-electron chi connectivity index (χ1n) is 4.97. The Bertz CT molecular complexity index is 539. The molecule has 2 nitrogen and oxygen atoms in total. The Hall–Kier alpha value is -1.43. The summed E-state index contributed by atoms with van der Waals surface area (Å²) in [6, 6.07) is 12.9. The minimum atomic E-state index is -0.322. The molecule has 2 aromatic carbocycles. The number of amides is 1. The van der Waals surface area contributed by atoms with Crippen LogP contribution in [0.2, 0.25) is 0 Å². The number of rotatable bonds is 2. The highest BCUT2D eigenvalue weighted by atomic mass is 127. The molecule has 0 saturated heterocycles. The third-order valence-electron chi connectivity index (χ3n) is 2.19. The zero-order chi connectivity index (χ0) is 12.3. The average molecular weight is 341 g/mol. The fourth-order valence-electron chi connectivity index (χ4n) is 1.37. The van der Waals surface area contributed by atoms with Crippen LogP contribution < -0.4 is 5.32 Å². The van der Waals surface area contributed by atoms with Crippen LogP contribution >= 0.6 is 22.6 Å². The van der Waals surface area contributed by atoms with Crippen LogP contribution in [0.15, 0.2) is 48.5 Å². The lowest BCUT2D eigenvalue weighted by Crippen LogP contribution is -2.11. The van der Waals surface area contributed by atoms with Gasteiger partial charge < -0.3 is 5.32 Å². The minimum Gasteiger partial charge on any atom is -0.322 e. The van der Waals surface area contributed by atoms with Crippen molar-refractivity contribution in [1.29, 1.82) is 0 Å². The number of nitrogens with one attached hydrogen (secondary N) is 1. The maximum absolute atomic E-state index is 12.7. The first kappa shape index (κ1) is 12.0. The van der Waals surface area contributed by atoms with E-state index in [4.69, 9.17) is 0 Å². The Morgan fingerprint density at radius 3 is 2.47 bits per heavy atom. The molecule has 2 aromatic rings. The highest BCUT2D eigenvalue weighted by Gasteiger charge is 2.05. The number of carbonyl (C=O) groups excluding carboxylic acids is 1. The molecular weight excluding hydrogens is 332 g/mol. The Labute approximate surface area is 112 Å². The van der Waals surface area contributed by atoms with E-state index in [-0.39, 0.29) is 11.7 Å². The molecule has 2 rings (SSSR count). The van der Waals surface area contributed by atoms with Crippen LogP contribution in [0, 0.1) is 9.39 Å². The van der Waals surface area contributed by atoms with Crippen molar-refractivity contribution in [2.45, 2.75) is 0 Å². The summed E-state index contributed by atoms with van der Waals surface area (Å²) >= 11 is 2.14. The van der Waals surface area contributed by atoms with Gasteiger partial charge in [0.15, 0.2) is 0 Å². The van der Waals surface area contributed by atoms with E-state index >= 15 is 0 Å². The largest absolute Gasteiger partial charge is 0.322 e. The lowest BCUT2D eigenvalue weighted by atomic mass is 10.2. The molecule has 17 heavy (non-hydrogen) atoms. The first-order valence-corrected chi connectivity index (χ1v) is 6.05. The van der Waals surface area contributed by atoms with E-state index in [2.05, 4.69) is 27.9 Å². The minimum absolute atomic E-state index is 0.199. The molecule has 0 bridgehead atoms. The van der Waals surface area contributed by atoms with Crippen LogP contribution in [0.5, 0.6) is 0 Å². The van der Waals surface area contributed by atoms with E-state index in [1.54, 1.807) is 12.1 Å². The molecule has 0 atom stereocenters. The fraction of sp³-hybridized carbons (Fsp3) is 0. The molecular formula is C13H9FINO. The summed E-state index contributed by atoms with van der Waals surface area (Å²) in [5, 5.41) is 2.70. The van der Waals surface area contributed by atoms with Gasteiger partial charge in [0.1, 0.15) is 5.82 Å². The van der Waals surface area contributed by atoms with Gasteiger partial charge >= 0.3 is 0 Å². The number of hydrogen-bond acceptors (Lipinski definition) is 1. The van der Waals surface area contributed by atoms with Crippen molar-refractivity contribution in [3.63, 3.8) is 0 Å². The number of carbonyl (C=O) groups is 1. The lowest BCUT2D eigenvalue weighted by Gasteiger charge is -2.05. The lowest BCUT2D eigenvalue weighted by molar-refractivity contribution is 0.102. The number of benzene rings is 2. The van der Waals surface area contributed by atoms with Gasteiger partial charge in [-0.1, -0.05) is 6.07 Å². The summed E-state index contributed by atoms with van der Waals surface area (Å²) in [5.41, 5.74) is 1.16. The molecule has 0 heterocycles. The molecule has 0 saturated carbocycles. The second kappa shape index (κ2) is 5.27. The molecule has 0 aliphatic rings. The monoisotopic (exact) mass is 341 g/mol. The van der Waals surface area contributed by atoms with Crippen LogP contribution in [0.4, 0.5) is 10.1 Å². The fourth-order valence-corrected chi connectivity index (χ4v) is 1.91. The molecule has 0 spiro atoms. The van der Waals surface area contributed by atoms with Gasteiger partial charge in [-0.25, -0.2) is 4.39 Å². The SMILES string of the molecule is O=C(Nc1ccc(F)cc1)c1cccc(I)c1. The Kier molecular flexibility index (Phi) is 3.73. The Morgan fingerprint density at radius 1 is 1.12 bits per heavy atom. The normalized spacial score (nSPS) is 10.0. The molecule has 4 heteroatoms. The molecule has 1 amide bonds. The number of halogens is 2. The quantitative estimate of drug-likeness (QED) is 0.830. The van der Waals surface area contributed by atoms with E-state index in [0.717, 1.165) is 3.57 Å². The van der Waals surface area contributed by atoms with Crippen molar-refractivity contribution < 1.29 is 9.18 Å². The van der Waals surface area contributed by atoms with Gasteiger partial charge in [-0.15, -0.1) is 0 Å². The van der Waals surface area contributed by atoms with Crippen molar-refractivity contribution in [2.24, 2.45) is 0 Å². The Balaban J connectivity index is 2.14. The maximum Gasteiger partial charge on any atom is 0.255 e. The van der Waals surface area contributed by atoms with Gasteiger partial charge in [-0.05, 0) is 65.1 Å². The van der Waals surface area contributed by atoms with Crippen LogP contribution in [0.3, 0.4) is 0 Å². The zero-order valence-corrected chi connectivity index (χ0v) is 10.9. The summed E-state index contributed by atoms with van der Waals surface area (Å²) in [7, 11) is 0. The first-order chi connectivity index (χ1) is 8.15. The predicted octanol–water partition coefficient (Wildman–Crippen LogP) is 3.68. The summed E-state index contributed by atoms with van der Waals surface area (Å²) in [4.78, 5) is 11.8. The Morgan fingerprint density at radius 2 is 1.82 bits per heavy atom. The van der Waals surface area contributed by atoms with Gasteiger partial charge in [0.25, 0.3) is 5.91 Å². The molecule has 0 radical (unpaired) electrons. The van der Waals surface area contributed by atoms with E-state index < -0.39 is 0 Å². The summed E-state index contributed by atoms with van der Waals surface area (Å²) in [6.45, 7) is 0. The van der Waals surface area contributed by atoms with Crippen LogP contribution in [0.25, 0.3) is 0 Å². The number of anilines is 1. The molecule has 0 aliphatic heterocycles. The molecule has 1 N–H and O–H groups in total. The van der Waals surface area contributed by atoms with Crippen LogP contribution in [0.1, 0.15) is 10.4 Å². The van der Waals surface area contributed by atoms with E-state index in [9.17, 15) is 9.18 Å². The highest BCUT2D eigenvalue weighted by molar-refractivity contribution is 14.1. The molecule has 0 aliphatic carbocycles. The molecule has 86 valence electrons. The predicted molar refractivity (Wildman–Crippen MR) is 73.5 cm³/mol. The van der Waals surface area contributed by atoms with Gasteiger partial charge in [-0.2, -0.15) is 0 Å². The summed E-state index contributed by atoms with van der Waals surface area (Å²) in [6.07, 6.45) is 0. The van der Waals surface area contributed by atoms with E-state index in [1.165, 1.54) is 24.3 Å². The van der Waals surface area contributed by atoms with Crippen molar-refractivity contribution in [3.05, 3.63) is 63.5 Å². The van der Waals surface area contributed by atoms with Crippen LogP contribution in [-0.4, -0.2) is 5.91 Å². The van der Waals surface area contributed by atoms with Crippen molar-refractivity contribution in [2.75, 3.05) is 5.32 Å². The van der Waals surface area contributed by atoms with Gasteiger partial charge in [-0.3, -0.25) is 4.79 Å². The van der Waals surface area contributed by atoms with Gasteiger partial charge in [0.05, 0.1) is 0 Å². The van der Waals surface area contributed by atoms with E-state index in [0.29, 0.717) is 11.3 Å². The highest BCUT2D eigenvalue weighted by Crippen LogP contribution is 2.12. The standard InChI is InChI=1S/C13H9FINO/c14-10-4-6-12(7-5-10)16-13(17)9-2-1-3-11(15)8-9/h1-8H,(H,16,17). The van der Waals surface area contributed by atoms with Crippen molar-refractivity contribution in [3.8, 4) is 0 Å². The third-order valence-corrected chi connectivity index (χ3v) is 2.86. The smallest absolute Gasteiger partial charge is 0.255 e. The topological polar surface area (TPSA) is 29.1 Å². The second-order valence-corrected chi connectivity index (χ2v) is 4.72. The summed E-state index contributed by atoms with van der Waals surface area (Å²) < 4.78 is 13.7. The molecule has 0 fully saturated rings. The third kappa shape index (κ3) is 3.26. The van der Waals surface area contributed by atoms with Crippen molar-refractivity contribution >= 4 is 34.2 Å². The molecule has 0 unspecified atom stereocenters. The van der Waals surface area contributed by atoms with Crippen LogP contribution in [-0.2, 0) is 0 Å². The zero-order valence-electron chi connectivity index (χ0n) is 8.78. The second-order valence-electron chi connectivity index (χ2n) is 3.47. The molecule has 0 aromatic heterocycles. The van der Waals surface area contributed by atoms with E-state index in [1.807, 2.05) is 12.1 Å². The van der Waals surface area contributed by atoms with Crippen molar-refractivity contribution in [1.82, 2.24) is 0 Å². The van der Waals surface area contributed by atoms with Gasteiger partial charge in [0, 0.05) is 14.8 Å². The number of hydrogen-bond donors (Lipinski definition) is 1. The maximum atomic E-state index is 12.7. The summed E-state index contributed by atoms with van der Waals surface area (Å²) in [5.74, 6) is -0.521. The van der Waals surface area contributed by atoms with Gasteiger partial charge in [0.2, 0.25) is 0 Å².